The number of pyridine rings is 2. The molecule has 0 saturated carbocycles. The standard InChI is InChI=1S/C40H28N2/c1-5-14-29(15-6-1)35-25-39(41-27-37(35)31-18-9-3-10-19-31)33-22-13-23-34(24-33)40-26-36(30-16-7-2-8-17-30)38(28-42-40)32-20-11-4-12-21-32/h1-28H. The topological polar surface area (TPSA) is 25.8 Å². The van der Waals surface area contributed by atoms with Gasteiger partial charge in [-0.15, -0.1) is 0 Å². The van der Waals surface area contributed by atoms with Crippen LogP contribution in [0.5, 0.6) is 0 Å². The monoisotopic (exact) mass is 536 g/mol. The minimum Gasteiger partial charge on any atom is -0.256 e. The highest BCUT2D eigenvalue weighted by Crippen LogP contribution is 2.37. The van der Waals surface area contributed by atoms with Gasteiger partial charge in [0.05, 0.1) is 11.4 Å². The summed E-state index contributed by atoms with van der Waals surface area (Å²) >= 11 is 0. The second-order valence-corrected chi connectivity index (χ2v) is 10.3. The molecule has 2 heterocycles. The molecule has 0 amide bonds. The normalized spacial score (nSPS) is 10.9. The van der Waals surface area contributed by atoms with Crippen LogP contribution in [-0.4, -0.2) is 9.97 Å². The van der Waals surface area contributed by atoms with E-state index in [4.69, 9.17) is 9.97 Å². The van der Waals surface area contributed by atoms with E-state index in [-0.39, 0.29) is 0 Å². The molecule has 0 spiro atoms. The van der Waals surface area contributed by atoms with Crippen molar-refractivity contribution >= 4 is 0 Å². The third-order valence-electron chi connectivity index (χ3n) is 7.60. The predicted octanol–water partition coefficient (Wildman–Crippen LogP) is 10.5. The lowest BCUT2D eigenvalue weighted by atomic mass is 9.93. The Morgan fingerprint density at radius 2 is 0.571 bits per heavy atom. The summed E-state index contributed by atoms with van der Waals surface area (Å²) in [5.41, 5.74) is 13.2. The molecule has 0 fully saturated rings. The summed E-state index contributed by atoms with van der Waals surface area (Å²) in [5, 5.41) is 0. The van der Waals surface area contributed by atoms with E-state index in [1.165, 1.54) is 11.1 Å². The maximum absolute atomic E-state index is 4.94. The zero-order valence-corrected chi connectivity index (χ0v) is 23.1. The van der Waals surface area contributed by atoms with Gasteiger partial charge in [0.15, 0.2) is 0 Å². The van der Waals surface area contributed by atoms with Gasteiger partial charge in [-0.1, -0.05) is 140 Å². The lowest BCUT2D eigenvalue weighted by molar-refractivity contribution is 1.31. The average molecular weight is 537 g/mol. The largest absolute Gasteiger partial charge is 0.256 e. The van der Waals surface area contributed by atoms with Crippen LogP contribution in [0.25, 0.3) is 67.0 Å². The van der Waals surface area contributed by atoms with Crippen molar-refractivity contribution in [2.24, 2.45) is 0 Å². The Morgan fingerprint density at radius 1 is 0.262 bits per heavy atom. The first-order valence-corrected chi connectivity index (χ1v) is 14.2. The van der Waals surface area contributed by atoms with E-state index in [9.17, 15) is 0 Å². The highest BCUT2D eigenvalue weighted by molar-refractivity contribution is 5.87. The fourth-order valence-corrected chi connectivity index (χ4v) is 5.47. The highest BCUT2D eigenvalue weighted by atomic mass is 14.7. The summed E-state index contributed by atoms with van der Waals surface area (Å²) in [6.07, 6.45) is 4.00. The van der Waals surface area contributed by atoms with Gasteiger partial charge >= 0.3 is 0 Å². The number of rotatable bonds is 6. The van der Waals surface area contributed by atoms with Crippen molar-refractivity contribution in [1.29, 1.82) is 0 Å². The van der Waals surface area contributed by atoms with Crippen LogP contribution in [0.1, 0.15) is 0 Å². The molecule has 0 aliphatic heterocycles. The van der Waals surface area contributed by atoms with Crippen molar-refractivity contribution in [1.82, 2.24) is 9.97 Å². The van der Waals surface area contributed by atoms with Crippen molar-refractivity contribution < 1.29 is 0 Å². The van der Waals surface area contributed by atoms with Gasteiger partial charge in [-0.25, -0.2) is 0 Å². The second-order valence-electron chi connectivity index (χ2n) is 10.3. The fourth-order valence-electron chi connectivity index (χ4n) is 5.47. The molecule has 2 nitrogen and oxygen atoms in total. The van der Waals surface area contributed by atoms with E-state index in [2.05, 4.69) is 146 Å². The average Bonchev–Trinajstić information content (AvgIpc) is 3.09. The van der Waals surface area contributed by atoms with E-state index < -0.39 is 0 Å². The van der Waals surface area contributed by atoms with Crippen molar-refractivity contribution in [3.05, 3.63) is 170 Å². The zero-order chi connectivity index (χ0) is 28.1. The molecule has 0 aliphatic rings. The fraction of sp³-hybridized carbons (Fsp3) is 0. The molecule has 0 bridgehead atoms. The number of hydrogen-bond acceptors (Lipinski definition) is 2. The van der Waals surface area contributed by atoms with Gasteiger partial charge in [-0.05, 0) is 51.6 Å². The zero-order valence-electron chi connectivity index (χ0n) is 23.1. The predicted molar refractivity (Wildman–Crippen MR) is 175 cm³/mol. The van der Waals surface area contributed by atoms with Gasteiger partial charge in [-0.2, -0.15) is 0 Å². The Labute approximate surface area is 246 Å². The second kappa shape index (κ2) is 11.5. The first-order valence-electron chi connectivity index (χ1n) is 14.2. The molecule has 0 N–H and O–H groups in total. The van der Waals surface area contributed by atoms with E-state index >= 15 is 0 Å². The Morgan fingerprint density at radius 3 is 0.929 bits per heavy atom. The lowest BCUT2D eigenvalue weighted by Gasteiger charge is -2.14. The van der Waals surface area contributed by atoms with Crippen LogP contribution in [0.2, 0.25) is 0 Å². The Balaban J connectivity index is 1.33. The van der Waals surface area contributed by atoms with Gasteiger partial charge < -0.3 is 0 Å². The van der Waals surface area contributed by atoms with E-state index in [0.29, 0.717) is 0 Å². The van der Waals surface area contributed by atoms with Gasteiger partial charge in [-0.3, -0.25) is 9.97 Å². The minimum absolute atomic E-state index is 0.930. The van der Waals surface area contributed by atoms with Gasteiger partial charge in [0.25, 0.3) is 0 Å². The Hall–Kier alpha value is -5.60. The molecule has 0 radical (unpaired) electrons. The quantitative estimate of drug-likeness (QED) is 0.211. The number of benzene rings is 5. The third-order valence-corrected chi connectivity index (χ3v) is 7.60. The molecule has 2 aromatic heterocycles. The highest BCUT2D eigenvalue weighted by Gasteiger charge is 2.14. The van der Waals surface area contributed by atoms with Crippen LogP contribution < -0.4 is 0 Å². The van der Waals surface area contributed by atoms with E-state index in [1.807, 2.05) is 24.5 Å². The van der Waals surface area contributed by atoms with Crippen LogP contribution in [0.15, 0.2) is 170 Å². The van der Waals surface area contributed by atoms with Crippen molar-refractivity contribution in [2.45, 2.75) is 0 Å². The molecule has 0 aliphatic carbocycles. The minimum atomic E-state index is 0.930. The summed E-state index contributed by atoms with van der Waals surface area (Å²) in [7, 11) is 0. The molecular weight excluding hydrogens is 508 g/mol. The smallest absolute Gasteiger partial charge is 0.0708 e. The maximum Gasteiger partial charge on any atom is 0.0708 e. The summed E-state index contributed by atoms with van der Waals surface area (Å²) in [5.74, 6) is 0. The van der Waals surface area contributed by atoms with Crippen molar-refractivity contribution in [3.8, 4) is 67.0 Å². The molecule has 5 aromatic carbocycles. The third kappa shape index (κ3) is 5.14. The number of aromatic nitrogens is 2. The molecule has 42 heavy (non-hydrogen) atoms. The molecule has 7 rings (SSSR count). The first kappa shape index (κ1) is 25.4. The maximum atomic E-state index is 4.94. The number of nitrogens with zero attached hydrogens (tertiary/aromatic N) is 2. The number of hydrogen-bond donors (Lipinski definition) is 0. The van der Waals surface area contributed by atoms with E-state index in [1.54, 1.807) is 0 Å². The van der Waals surface area contributed by atoms with Gasteiger partial charge in [0.2, 0.25) is 0 Å². The van der Waals surface area contributed by atoms with Crippen LogP contribution in [0.4, 0.5) is 0 Å². The van der Waals surface area contributed by atoms with Crippen LogP contribution >= 0.6 is 0 Å². The molecule has 0 saturated heterocycles. The molecule has 0 unspecified atom stereocenters. The van der Waals surface area contributed by atoms with Crippen LogP contribution in [0.3, 0.4) is 0 Å². The summed E-state index contributed by atoms with van der Waals surface area (Å²) in [4.78, 5) is 9.89. The SMILES string of the molecule is c1ccc(-c2cnc(-c3cccc(-c4cc(-c5ccccc5)c(-c5ccccc5)cn4)c3)cc2-c2ccccc2)cc1. The summed E-state index contributed by atoms with van der Waals surface area (Å²) in [6.45, 7) is 0. The molecular formula is C40H28N2. The first-order chi connectivity index (χ1) is 20.8. The molecule has 2 heteroatoms. The summed E-state index contributed by atoms with van der Waals surface area (Å²) < 4.78 is 0. The molecule has 7 aromatic rings. The van der Waals surface area contributed by atoms with Crippen LogP contribution in [-0.2, 0) is 0 Å². The lowest BCUT2D eigenvalue weighted by Crippen LogP contribution is -1.93. The van der Waals surface area contributed by atoms with Crippen molar-refractivity contribution in [3.63, 3.8) is 0 Å². The van der Waals surface area contributed by atoms with Gasteiger partial charge in [0, 0.05) is 34.6 Å². The van der Waals surface area contributed by atoms with Crippen LogP contribution in [0, 0.1) is 0 Å². The van der Waals surface area contributed by atoms with Gasteiger partial charge in [0.1, 0.15) is 0 Å². The summed E-state index contributed by atoms with van der Waals surface area (Å²) in [6, 6.07) is 54.9. The Bertz CT molecular complexity index is 1810. The van der Waals surface area contributed by atoms with Crippen molar-refractivity contribution in [2.75, 3.05) is 0 Å². The molecule has 198 valence electrons. The Kier molecular flexibility index (Phi) is 6.94. The van der Waals surface area contributed by atoms with E-state index in [0.717, 1.165) is 55.9 Å². The molecule has 0 atom stereocenters.